The molecule has 0 aromatic heterocycles. The first-order valence-corrected chi connectivity index (χ1v) is 16.4. The molecule has 1 amide bonds. The van der Waals surface area contributed by atoms with E-state index in [0.29, 0.717) is 56.9 Å². The van der Waals surface area contributed by atoms with E-state index in [-0.39, 0.29) is 25.8 Å². The van der Waals surface area contributed by atoms with Crippen molar-refractivity contribution >= 4 is 64.0 Å². The van der Waals surface area contributed by atoms with Crippen LogP contribution in [0.15, 0.2) is 77.0 Å². The fourth-order valence-electron chi connectivity index (χ4n) is 4.67. The second kappa shape index (κ2) is 17.5. The summed E-state index contributed by atoms with van der Waals surface area (Å²) in [5.74, 6) is 0.0523. The molecule has 252 valence electrons. The first kappa shape index (κ1) is 36.1. The molecule has 0 aliphatic carbocycles. The maximum absolute atomic E-state index is 12.8. The third-order valence-electron chi connectivity index (χ3n) is 6.86. The molecule has 0 saturated heterocycles. The van der Waals surface area contributed by atoms with Crippen molar-refractivity contribution in [2.75, 3.05) is 26.9 Å². The van der Waals surface area contributed by atoms with Crippen LogP contribution in [-0.4, -0.2) is 56.1 Å². The van der Waals surface area contributed by atoms with Gasteiger partial charge >= 0.3 is 11.9 Å². The number of rotatable bonds is 14. The Morgan fingerprint density at radius 3 is 2.40 bits per heavy atom. The maximum Gasteiger partial charge on any atom is 0.338 e. The van der Waals surface area contributed by atoms with Crippen molar-refractivity contribution in [1.29, 1.82) is 0 Å². The zero-order valence-corrected chi connectivity index (χ0v) is 29.7. The van der Waals surface area contributed by atoms with Crippen molar-refractivity contribution in [2.45, 2.75) is 33.4 Å². The van der Waals surface area contributed by atoms with Crippen LogP contribution in [0.2, 0.25) is 0 Å². The van der Waals surface area contributed by atoms with Crippen molar-refractivity contribution in [2.24, 2.45) is 5.10 Å². The molecule has 1 aliphatic rings. The highest BCUT2D eigenvalue weighted by molar-refractivity contribution is 14.1. The molecular formula is C34H35IN4O8S. The lowest BCUT2D eigenvalue weighted by atomic mass is 9.95. The zero-order chi connectivity index (χ0) is 34.6. The minimum absolute atomic E-state index is 0.214. The van der Waals surface area contributed by atoms with Crippen molar-refractivity contribution < 1.29 is 38.1 Å². The number of esters is 2. The van der Waals surface area contributed by atoms with E-state index in [0.717, 1.165) is 9.13 Å². The molecule has 1 atom stereocenters. The van der Waals surface area contributed by atoms with Crippen molar-refractivity contribution in [3.05, 3.63) is 97.8 Å². The molecule has 1 heterocycles. The molecule has 3 aromatic carbocycles. The highest BCUT2D eigenvalue weighted by atomic mass is 127. The average Bonchev–Trinajstić information content (AvgIpc) is 3.06. The molecule has 0 fully saturated rings. The lowest BCUT2D eigenvalue weighted by molar-refractivity contribution is -0.139. The largest absolute Gasteiger partial charge is 0.493 e. The number of amides is 1. The number of nitrogens with zero attached hydrogens (tertiary/aromatic N) is 1. The van der Waals surface area contributed by atoms with Crippen LogP contribution < -0.4 is 30.3 Å². The van der Waals surface area contributed by atoms with E-state index < -0.39 is 17.9 Å². The minimum Gasteiger partial charge on any atom is -0.493 e. The van der Waals surface area contributed by atoms with Crippen LogP contribution in [0.1, 0.15) is 53.9 Å². The molecule has 1 aliphatic heterocycles. The SMILES string of the molecule is CCOC(=O)C1=C(C)NC(=S)N[C@@H]1c1ccccc1OCC(=O)NN=Cc1cc(I)c(OCc2ccc(C(=O)OCC)cc2)c(OC)c1. The minimum atomic E-state index is -0.642. The van der Waals surface area contributed by atoms with Crippen molar-refractivity contribution in [1.82, 2.24) is 16.1 Å². The smallest absolute Gasteiger partial charge is 0.338 e. The van der Waals surface area contributed by atoms with Crippen LogP contribution in [0, 0.1) is 3.57 Å². The number of methoxy groups -OCH3 is 1. The maximum atomic E-state index is 12.8. The van der Waals surface area contributed by atoms with Crippen LogP contribution in [0.5, 0.6) is 17.2 Å². The summed E-state index contributed by atoms with van der Waals surface area (Å²) in [6.07, 6.45) is 1.48. The van der Waals surface area contributed by atoms with Crippen LogP contribution in [0.4, 0.5) is 0 Å². The Balaban J connectivity index is 1.37. The van der Waals surface area contributed by atoms with Gasteiger partial charge in [-0.15, -0.1) is 0 Å². The number of ether oxygens (including phenoxy) is 5. The van der Waals surface area contributed by atoms with E-state index in [9.17, 15) is 14.4 Å². The fourth-order valence-corrected chi connectivity index (χ4v) is 5.72. The van der Waals surface area contributed by atoms with E-state index in [1.165, 1.54) is 13.3 Å². The van der Waals surface area contributed by atoms with Crippen LogP contribution >= 0.6 is 34.8 Å². The first-order valence-electron chi connectivity index (χ1n) is 14.9. The normalized spacial score (nSPS) is 14.1. The van der Waals surface area contributed by atoms with Gasteiger partial charge in [0.25, 0.3) is 5.91 Å². The number of thiocarbonyl (C=S) groups is 1. The van der Waals surface area contributed by atoms with Gasteiger partial charge in [-0.25, -0.2) is 15.0 Å². The Bertz CT molecular complexity index is 1730. The molecule has 12 nitrogen and oxygen atoms in total. The summed E-state index contributed by atoms with van der Waals surface area (Å²) in [5.41, 5.74) is 6.00. The van der Waals surface area contributed by atoms with Gasteiger partial charge in [0.15, 0.2) is 23.2 Å². The molecule has 48 heavy (non-hydrogen) atoms. The second-order valence-corrected chi connectivity index (χ2v) is 11.7. The topological polar surface area (TPSA) is 146 Å². The molecule has 0 spiro atoms. The Morgan fingerprint density at radius 2 is 1.69 bits per heavy atom. The predicted molar refractivity (Wildman–Crippen MR) is 191 cm³/mol. The van der Waals surface area contributed by atoms with Gasteiger partial charge < -0.3 is 34.3 Å². The summed E-state index contributed by atoms with van der Waals surface area (Å²) in [4.78, 5) is 37.3. The highest BCUT2D eigenvalue weighted by Gasteiger charge is 2.32. The summed E-state index contributed by atoms with van der Waals surface area (Å²) >= 11 is 7.46. The summed E-state index contributed by atoms with van der Waals surface area (Å²) < 4.78 is 28.5. The fraction of sp³-hybridized carbons (Fsp3) is 0.265. The Morgan fingerprint density at radius 1 is 0.979 bits per heavy atom. The quantitative estimate of drug-likeness (QED) is 0.0672. The number of carbonyl (C=O) groups excluding carboxylic acids is 3. The lowest BCUT2D eigenvalue weighted by Gasteiger charge is -2.30. The summed E-state index contributed by atoms with van der Waals surface area (Å²) in [6.45, 7) is 5.67. The molecule has 3 N–H and O–H groups in total. The lowest BCUT2D eigenvalue weighted by Crippen LogP contribution is -2.45. The van der Waals surface area contributed by atoms with Crippen LogP contribution in [0.25, 0.3) is 0 Å². The molecule has 4 rings (SSSR count). The Kier molecular flexibility index (Phi) is 13.1. The van der Waals surface area contributed by atoms with Gasteiger partial charge in [-0.05, 0) is 97.0 Å². The van der Waals surface area contributed by atoms with E-state index in [2.05, 4.69) is 43.8 Å². The predicted octanol–water partition coefficient (Wildman–Crippen LogP) is 4.94. The highest BCUT2D eigenvalue weighted by Crippen LogP contribution is 2.35. The van der Waals surface area contributed by atoms with Crippen molar-refractivity contribution in [3.63, 3.8) is 0 Å². The molecule has 0 saturated carbocycles. The van der Waals surface area contributed by atoms with Crippen LogP contribution in [0.3, 0.4) is 0 Å². The summed E-state index contributed by atoms with van der Waals surface area (Å²) in [6, 6.07) is 17.0. The van der Waals surface area contributed by atoms with E-state index in [4.69, 9.17) is 35.9 Å². The zero-order valence-electron chi connectivity index (χ0n) is 26.8. The molecule has 0 unspecified atom stereocenters. The second-order valence-electron chi connectivity index (χ2n) is 10.2. The van der Waals surface area contributed by atoms with Gasteiger partial charge in [-0.3, -0.25) is 4.79 Å². The van der Waals surface area contributed by atoms with Gasteiger partial charge in [0, 0.05) is 11.3 Å². The van der Waals surface area contributed by atoms with Crippen molar-refractivity contribution in [3.8, 4) is 17.2 Å². The number of allylic oxidation sites excluding steroid dienone is 1. The number of para-hydroxylation sites is 1. The third kappa shape index (κ3) is 9.44. The van der Waals surface area contributed by atoms with E-state index in [1.807, 2.05) is 6.07 Å². The number of carbonyl (C=O) groups is 3. The Hall–Kier alpha value is -4.70. The number of benzene rings is 3. The number of hydrogen-bond acceptors (Lipinski definition) is 10. The molecule has 14 heteroatoms. The summed E-state index contributed by atoms with van der Waals surface area (Å²) in [7, 11) is 1.53. The number of nitrogens with one attached hydrogen (secondary N) is 3. The van der Waals surface area contributed by atoms with Gasteiger partial charge in [-0.1, -0.05) is 30.3 Å². The third-order valence-corrected chi connectivity index (χ3v) is 7.88. The molecule has 0 radical (unpaired) electrons. The van der Waals surface area contributed by atoms with Gasteiger partial charge in [0.05, 0.1) is 47.3 Å². The first-order chi connectivity index (χ1) is 23.1. The number of hydrogen-bond donors (Lipinski definition) is 3. The summed E-state index contributed by atoms with van der Waals surface area (Å²) in [5, 5.41) is 10.5. The monoisotopic (exact) mass is 786 g/mol. The van der Waals surface area contributed by atoms with E-state index >= 15 is 0 Å². The molecule has 3 aromatic rings. The van der Waals surface area contributed by atoms with Gasteiger partial charge in [0.1, 0.15) is 12.4 Å². The number of hydrazone groups is 1. The van der Waals surface area contributed by atoms with E-state index in [1.54, 1.807) is 75.4 Å². The standard InChI is InChI=1S/C34H35IN4O8S/c1-5-44-32(41)23-13-11-21(12-14-23)18-47-31-25(35)15-22(16-27(31)43-4)17-36-39-28(40)19-46-26-10-8-7-9-24(26)30-29(33(42)45-6-2)20(3)37-34(48)38-30/h7-17,30H,5-6,18-19H2,1-4H3,(H,39,40)(H2,37,38,48)/t30-/m1/s1. The number of halogens is 1. The average molecular weight is 787 g/mol. The van der Waals surface area contributed by atoms with Gasteiger partial charge in [-0.2, -0.15) is 5.10 Å². The van der Waals surface area contributed by atoms with Crippen LogP contribution in [-0.2, 0) is 25.7 Å². The van der Waals surface area contributed by atoms with Gasteiger partial charge in [0.2, 0.25) is 0 Å². The molecular weight excluding hydrogens is 751 g/mol. The molecule has 0 bridgehead atoms. The Labute approximate surface area is 297 Å².